The van der Waals surface area contributed by atoms with Crippen molar-refractivity contribution in [3.63, 3.8) is 0 Å². The van der Waals surface area contributed by atoms with Crippen LogP contribution in [0.5, 0.6) is 0 Å². The van der Waals surface area contributed by atoms with E-state index < -0.39 is 0 Å². The predicted octanol–water partition coefficient (Wildman–Crippen LogP) is 2.83. The number of amides is 1. The zero-order valence-electron chi connectivity index (χ0n) is 13.8. The molecule has 4 rings (SSSR count). The maximum atomic E-state index is 12.4. The van der Waals surface area contributed by atoms with Crippen LogP contribution in [0.3, 0.4) is 0 Å². The van der Waals surface area contributed by atoms with Crippen LogP contribution >= 0.6 is 0 Å². The van der Waals surface area contributed by atoms with Crippen molar-refractivity contribution in [3.8, 4) is 0 Å². The first-order chi connectivity index (χ1) is 11.3. The van der Waals surface area contributed by atoms with Crippen LogP contribution in [0.1, 0.15) is 67.9 Å². The third-order valence-corrected chi connectivity index (χ3v) is 5.62. The molecule has 0 unspecified atom stereocenters. The Hall–Kier alpha value is -1.36. The van der Waals surface area contributed by atoms with Gasteiger partial charge in [0.25, 0.3) is 5.91 Å². The van der Waals surface area contributed by atoms with Crippen LogP contribution in [-0.4, -0.2) is 41.8 Å². The van der Waals surface area contributed by atoms with Gasteiger partial charge in [-0.05, 0) is 51.4 Å². The molecule has 3 aliphatic rings. The minimum atomic E-state index is -0.187. The predicted molar refractivity (Wildman–Crippen MR) is 85.3 cm³/mol. The molecular formula is C18H26N2O3. The van der Waals surface area contributed by atoms with Crippen molar-refractivity contribution in [3.05, 3.63) is 17.0 Å². The van der Waals surface area contributed by atoms with Crippen molar-refractivity contribution in [1.82, 2.24) is 10.1 Å². The first-order valence-electron chi connectivity index (χ1n) is 9.20. The third-order valence-electron chi connectivity index (χ3n) is 5.62. The maximum absolute atomic E-state index is 12.4. The molecular weight excluding hydrogens is 292 g/mol. The number of hydrogen-bond donors (Lipinski definition) is 0. The molecule has 2 fully saturated rings. The van der Waals surface area contributed by atoms with Crippen molar-refractivity contribution in [2.75, 3.05) is 19.7 Å². The minimum Gasteiger partial charge on any atom is -0.368 e. The van der Waals surface area contributed by atoms with Gasteiger partial charge >= 0.3 is 0 Å². The van der Waals surface area contributed by atoms with E-state index in [9.17, 15) is 4.79 Å². The van der Waals surface area contributed by atoms with Gasteiger partial charge in [-0.3, -0.25) is 4.79 Å². The molecule has 126 valence electrons. The standard InChI is InChI=1S/C18H26N2O3/c21-18(16-7-4-12-22-16)20-10-8-13(9-11-20)17-14-5-2-1-3-6-15(14)19-23-17/h13,16H,1-12H2/t16-/m0/s1. The van der Waals surface area contributed by atoms with Gasteiger partial charge in [-0.2, -0.15) is 0 Å². The highest BCUT2D eigenvalue weighted by molar-refractivity contribution is 5.81. The molecule has 1 amide bonds. The third kappa shape index (κ3) is 3.03. The van der Waals surface area contributed by atoms with Crippen molar-refractivity contribution < 1.29 is 14.1 Å². The van der Waals surface area contributed by atoms with Crippen molar-refractivity contribution in [2.45, 2.75) is 69.8 Å². The first kappa shape index (κ1) is 15.2. The molecule has 2 saturated heterocycles. The SMILES string of the molecule is O=C([C@@H]1CCCO1)N1CCC(c2onc3c2CCCCC3)CC1. The number of aromatic nitrogens is 1. The van der Waals surface area contributed by atoms with Crippen molar-refractivity contribution in [2.24, 2.45) is 0 Å². The van der Waals surface area contributed by atoms with E-state index in [0.29, 0.717) is 5.92 Å². The molecule has 2 aliphatic heterocycles. The van der Waals surface area contributed by atoms with Gasteiger partial charge in [-0.15, -0.1) is 0 Å². The molecule has 0 radical (unpaired) electrons. The molecule has 1 aliphatic carbocycles. The Bertz CT molecular complexity index is 555. The van der Waals surface area contributed by atoms with E-state index >= 15 is 0 Å². The fourth-order valence-corrected chi connectivity index (χ4v) is 4.25. The van der Waals surface area contributed by atoms with E-state index in [1.54, 1.807) is 0 Å². The number of fused-ring (bicyclic) bond motifs is 1. The lowest BCUT2D eigenvalue weighted by atomic mass is 9.90. The van der Waals surface area contributed by atoms with Gasteiger partial charge in [0.2, 0.25) is 0 Å². The fraction of sp³-hybridized carbons (Fsp3) is 0.778. The van der Waals surface area contributed by atoms with Crippen molar-refractivity contribution in [1.29, 1.82) is 0 Å². The van der Waals surface area contributed by atoms with E-state index in [2.05, 4.69) is 5.16 Å². The maximum Gasteiger partial charge on any atom is 0.251 e. The summed E-state index contributed by atoms with van der Waals surface area (Å²) in [5, 5.41) is 4.33. The van der Waals surface area contributed by atoms with Gasteiger partial charge in [-0.1, -0.05) is 11.6 Å². The Balaban J connectivity index is 1.40. The second kappa shape index (κ2) is 6.63. The van der Waals surface area contributed by atoms with Crippen LogP contribution in [0.15, 0.2) is 4.52 Å². The van der Waals surface area contributed by atoms with Crippen LogP contribution in [-0.2, 0) is 22.4 Å². The molecule has 0 saturated carbocycles. The van der Waals surface area contributed by atoms with Gasteiger partial charge in [0.05, 0.1) is 5.69 Å². The fourth-order valence-electron chi connectivity index (χ4n) is 4.25. The van der Waals surface area contributed by atoms with Gasteiger partial charge < -0.3 is 14.2 Å². The van der Waals surface area contributed by atoms with Gasteiger partial charge in [0.15, 0.2) is 0 Å². The molecule has 3 heterocycles. The van der Waals surface area contributed by atoms with Gasteiger partial charge in [-0.25, -0.2) is 0 Å². The smallest absolute Gasteiger partial charge is 0.251 e. The van der Waals surface area contributed by atoms with E-state index in [-0.39, 0.29) is 12.0 Å². The average molecular weight is 318 g/mol. The van der Waals surface area contributed by atoms with E-state index in [0.717, 1.165) is 64.0 Å². The van der Waals surface area contributed by atoms with E-state index in [1.165, 1.54) is 30.5 Å². The highest BCUT2D eigenvalue weighted by Gasteiger charge is 2.33. The molecule has 0 aromatic carbocycles. The molecule has 23 heavy (non-hydrogen) atoms. The first-order valence-corrected chi connectivity index (χ1v) is 9.20. The number of aryl methyl sites for hydroxylation is 1. The molecule has 0 bridgehead atoms. The average Bonchev–Trinajstić information content (AvgIpc) is 3.20. The zero-order chi connectivity index (χ0) is 15.6. The number of piperidine rings is 1. The molecule has 1 atom stereocenters. The Labute approximate surface area is 137 Å². The summed E-state index contributed by atoms with van der Waals surface area (Å²) in [6.07, 6.45) is 9.63. The van der Waals surface area contributed by atoms with E-state index in [1.807, 2.05) is 4.90 Å². The highest BCUT2D eigenvalue weighted by Crippen LogP contribution is 2.34. The molecule has 0 N–H and O–H groups in total. The lowest BCUT2D eigenvalue weighted by Crippen LogP contribution is -2.43. The lowest BCUT2D eigenvalue weighted by molar-refractivity contribution is -0.142. The number of carbonyl (C=O) groups is 1. The Kier molecular flexibility index (Phi) is 4.38. The van der Waals surface area contributed by atoms with Crippen LogP contribution in [0, 0.1) is 0 Å². The van der Waals surface area contributed by atoms with Crippen LogP contribution in [0.25, 0.3) is 0 Å². The summed E-state index contributed by atoms with van der Waals surface area (Å²) in [7, 11) is 0. The minimum absolute atomic E-state index is 0.187. The molecule has 1 aromatic heterocycles. The number of carbonyl (C=O) groups excluding carboxylic acids is 1. The summed E-state index contributed by atoms with van der Waals surface area (Å²) in [5.41, 5.74) is 2.57. The summed E-state index contributed by atoms with van der Waals surface area (Å²) < 4.78 is 11.3. The van der Waals surface area contributed by atoms with Crippen molar-refractivity contribution >= 4 is 5.91 Å². The number of hydrogen-bond acceptors (Lipinski definition) is 4. The number of likely N-dealkylation sites (tertiary alicyclic amines) is 1. The molecule has 0 spiro atoms. The number of nitrogens with zero attached hydrogens (tertiary/aromatic N) is 2. The van der Waals surface area contributed by atoms with Gasteiger partial charge in [0, 0.05) is 31.2 Å². The summed E-state index contributed by atoms with van der Waals surface area (Å²) in [6, 6.07) is 0. The Morgan fingerprint density at radius 2 is 1.87 bits per heavy atom. The van der Waals surface area contributed by atoms with Gasteiger partial charge in [0.1, 0.15) is 11.9 Å². The summed E-state index contributed by atoms with van der Waals surface area (Å²) in [5.74, 6) is 1.74. The Morgan fingerprint density at radius 3 is 2.65 bits per heavy atom. The molecule has 1 aromatic rings. The highest BCUT2D eigenvalue weighted by atomic mass is 16.5. The molecule has 5 nitrogen and oxygen atoms in total. The number of rotatable bonds is 2. The monoisotopic (exact) mass is 318 g/mol. The summed E-state index contributed by atoms with van der Waals surface area (Å²) in [4.78, 5) is 14.4. The summed E-state index contributed by atoms with van der Waals surface area (Å²) >= 11 is 0. The van der Waals surface area contributed by atoms with E-state index in [4.69, 9.17) is 9.26 Å². The van der Waals surface area contributed by atoms with Crippen LogP contribution in [0.2, 0.25) is 0 Å². The topological polar surface area (TPSA) is 55.6 Å². The summed E-state index contributed by atoms with van der Waals surface area (Å²) in [6.45, 7) is 2.37. The largest absolute Gasteiger partial charge is 0.368 e. The number of ether oxygens (including phenoxy) is 1. The molecule has 5 heteroatoms. The van der Waals surface area contributed by atoms with Crippen LogP contribution in [0.4, 0.5) is 0 Å². The zero-order valence-corrected chi connectivity index (χ0v) is 13.8. The normalized spacial score (nSPS) is 26.1. The van der Waals surface area contributed by atoms with Crippen LogP contribution < -0.4 is 0 Å². The second-order valence-corrected chi connectivity index (χ2v) is 7.13. The lowest BCUT2D eigenvalue weighted by Gasteiger charge is -2.32. The second-order valence-electron chi connectivity index (χ2n) is 7.13. The Morgan fingerprint density at radius 1 is 1.04 bits per heavy atom. The quantitative estimate of drug-likeness (QED) is 0.787.